The number of carbonyl (C=O) groups is 6. The number of nitrogens with one attached hydrogen (secondary N) is 3. The van der Waals surface area contributed by atoms with Crippen LogP contribution in [0.1, 0.15) is 89.9 Å². The first-order chi connectivity index (χ1) is 22.6. The summed E-state index contributed by atoms with van der Waals surface area (Å²) in [5, 5.41) is 25.4. The Labute approximate surface area is 277 Å². The molecule has 47 heavy (non-hydrogen) atoms. The number of primary amides is 1. The van der Waals surface area contributed by atoms with Crippen LogP contribution < -0.4 is 21.7 Å². The van der Waals surface area contributed by atoms with Crippen molar-refractivity contribution < 1.29 is 57.9 Å². The highest BCUT2D eigenvalue weighted by atomic mass is 16.5. The molecule has 16 nitrogen and oxygen atoms in total. The van der Waals surface area contributed by atoms with E-state index in [2.05, 4.69) is 16.0 Å². The number of nitrogens with two attached hydrogens (primary N) is 1. The molecule has 0 saturated heterocycles. The fraction of sp³-hybridized carbons (Fsp3) is 0.806. The number of rotatable bonds is 34. The molecule has 0 unspecified atom stereocenters. The first-order valence-electron chi connectivity index (χ1n) is 16.5. The van der Waals surface area contributed by atoms with Crippen LogP contribution >= 0.6 is 0 Å². The van der Waals surface area contributed by atoms with E-state index in [9.17, 15) is 28.8 Å². The predicted octanol–water partition coefficient (Wildman–Crippen LogP) is 0.886. The highest BCUT2D eigenvalue weighted by molar-refractivity contribution is 5.84. The molecule has 0 saturated carbocycles. The van der Waals surface area contributed by atoms with Gasteiger partial charge in [-0.15, -0.1) is 0 Å². The third-order valence-corrected chi connectivity index (χ3v) is 6.70. The van der Waals surface area contributed by atoms with E-state index in [1.54, 1.807) is 0 Å². The Balaban J connectivity index is 3.45. The Kier molecular flexibility index (Phi) is 29.0. The smallest absolute Gasteiger partial charge is 0.326 e. The molecule has 0 aliphatic heterocycles. The molecule has 7 N–H and O–H groups in total. The van der Waals surface area contributed by atoms with Crippen LogP contribution in [0.15, 0.2) is 0 Å². The maximum absolute atomic E-state index is 11.9. The maximum atomic E-state index is 11.9. The SMILES string of the molecule is NC(=O)CC[C@H](NC(=O)COCCOCCNC(=O)COCCOCCNC(=O)CCCCCCCCCCCCC(=O)O)C(=O)O. The number of hydrogen-bond donors (Lipinski definition) is 6. The summed E-state index contributed by atoms with van der Waals surface area (Å²) in [6, 6.07) is -1.23. The van der Waals surface area contributed by atoms with Crippen molar-refractivity contribution in [3.8, 4) is 0 Å². The summed E-state index contributed by atoms with van der Waals surface area (Å²) in [4.78, 5) is 67.8. The number of carboxylic acids is 2. The molecule has 0 radical (unpaired) electrons. The zero-order valence-electron chi connectivity index (χ0n) is 27.6. The van der Waals surface area contributed by atoms with Crippen molar-refractivity contribution in [3.63, 3.8) is 0 Å². The predicted molar refractivity (Wildman–Crippen MR) is 170 cm³/mol. The van der Waals surface area contributed by atoms with Crippen molar-refractivity contribution in [2.24, 2.45) is 5.73 Å². The fourth-order valence-electron chi connectivity index (χ4n) is 4.19. The number of aliphatic carboxylic acids is 2. The summed E-state index contributed by atoms with van der Waals surface area (Å²) in [6.07, 6.45) is 11.0. The molecule has 0 rings (SSSR count). The van der Waals surface area contributed by atoms with E-state index in [-0.39, 0.29) is 83.9 Å². The van der Waals surface area contributed by atoms with Crippen LogP contribution in [-0.2, 0) is 47.7 Å². The van der Waals surface area contributed by atoms with E-state index < -0.39 is 29.8 Å². The minimum absolute atomic E-state index is 0.00708. The third-order valence-electron chi connectivity index (χ3n) is 6.70. The molecule has 0 bridgehead atoms. The van der Waals surface area contributed by atoms with Crippen LogP contribution in [0, 0.1) is 0 Å². The summed E-state index contributed by atoms with van der Waals surface area (Å²) < 4.78 is 21.1. The van der Waals surface area contributed by atoms with E-state index in [0.29, 0.717) is 19.6 Å². The molecule has 0 fully saturated rings. The van der Waals surface area contributed by atoms with Crippen molar-refractivity contribution >= 4 is 35.6 Å². The van der Waals surface area contributed by atoms with Gasteiger partial charge in [0.25, 0.3) is 0 Å². The minimum atomic E-state index is -1.28. The maximum Gasteiger partial charge on any atom is 0.326 e. The number of amides is 4. The van der Waals surface area contributed by atoms with Gasteiger partial charge in [-0.2, -0.15) is 0 Å². The molecule has 4 amide bonds. The molecule has 0 aliphatic rings. The van der Waals surface area contributed by atoms with Crippen molar-refractivity contribution in [3.05, 3.63) is 0 Å². The first-order valence-corrected chi connectivity index (χ1v) is 16.5. The number of hydrogen-bond acceptors (Lipinski definition) is 10. The Morgan fingerprint density at radius 2 is 0.979 bits per heavy atom. The quantitative estimate of drug-likeness (QED) is 0.0521. The van der Waals surface area contributed by atoms with Gasteiger partial charge in [-0.1, -0.05) is 51.4 Å². The van der Waals surface area contributed by atoms with E-state index in [4.69, 9.17) is 34.9 Å². The second-order valence-electron chi connectivity index (χ2n) is 10.9. The zero-order chi connectivity index (χ0) is 35.0. The Morgan fingerprint density at radius 1 is 0.532 bits per heavy atom. The van der Waals surface area contributed by atoms with Gasteiger partial charge in [0.2, 0.25) is 23.6 Å². The third kappa shape index (κ3) is 32.4. The Bertz CT molecular complexity index is 891. The molecule has 272 valence electrons. The van der Waals surface area contributed by atoms with Gasteiger partial charge in [0.05, 0.1) is 39.6 Å². The monoisotopic (exact) mass is 676 g/mol. The zero-order valence-corrected chi connectivity index (χ0v) is 27.6. The van der Waals surface area contributed by atoms with Crippen LogP contribution in [0.2, 0.25) is 0 Å². The van der Waals surface area contributed by atoms with Crippen LogP contribution in [0.25, 0.3) is 0 Å². The van der Waals surface area contributed by atoms with Crippen molar-refractivity contribution in [1.82, 2.24) is 16.0 Å². The summed E-state index contributed by atoms with van der Waals surface area (Å²) in [5.41, 5.74) is 4.99. The van der Waals surface area contributed by atoms with Gasteiger partial charge in [-0.25, -0.2) is 4.79 Å². The highest BCUT2D eigenvalue weighted by Gasteiger charge is 2.20. The summed E-state index contributed by atoms with van der Waals surface area (Å²) >= 11 is 0. The van der Waals surface area contributed by atoms with E-state index in [1.807, 2.05) is 0 Å². The minimum Gasteiger partial charge on any atom is -0.481 e. The molecule has 0 heterocycles. The number of carbonyl (C=O) groups excluding carboxylic acids is 4. The molecule has 0 aliphatic carbocycles. The standard InChI is InChI=1S/C31H56N4O12/c32-26(36)14-13-25(31(42)43)35-29(39)24-47-22-20-45-18-16-34-28(38)23-46-21-19-44-17-15-33-27(37)11-9-7-5-3-1-2-4-6-8-10-12-30(40)41/h25H,1-24H2,(H2,32,36)(H,33,37)(H,34,38)(H,35,39)(H,40,41)(H,42,43)/t25-/m0/s1. The lowest BCUT2D eigenvalue weighted by Gasteiger charge is -2.13. The van der Waals surface area contributed by atoms with Crippen molar-refractivity contribution in [2.75, 3.05) is 65.9 Å². The molecule has 0 aromatic rings. The molecule has 0 spiro atoms. The summed E-state index contributed by atoms with van der Waals surface area (Å²) in [7, 11) is 0. The lowest BCUT2D eigenvalue weighted by molar-refractivity contribution is -0.143. The average molecular weight is 677 g/mol. The molecule has 0 aromatic carbocycles. The molecule has 0 aromatic heterocycles. The number of carboxylic acid groups (broad SMARTS) is 2. The van der Waals surface area contributed by atoms with Crippen LogP contribution in [0.3, 0.4) is 0 Å². The Morgan fingerprint density at radius 3 is 1.47 bits per heavy atom. The first kappa shape index (κ1) is 43.7. The van der Waals surface area contributed by atoms with E-state index in [0.717, 1.165) is 51.4 Å². The Hall–Kier alpha value is -3.34. The second-order valence-corrected chi connectivity index (χ2v) is 10.9. The molecular weight excluding hydrogens is 620 g/mol. The van der Waals surface area contributed by atoms with Gasteiger partial charge in [0.1, 0.15) is 19.3 Å². The van der Waals surface area contributed by atoms with Crippen LogP contribution in [0.5, 0.6) is 0 Å². The number of unbranched alkanes of at least 4 members (excludes halogenated alkanes) is 9. The van der Waals surface area contributed by atoms with Gasteiger partial charge in [-0.05, 0) is 19.3 Å². The lowest BCUT2D eigenvalue weighted by atomic mass is 10.1. The van der Waals surface area contributed by atoms with Gasteiger partial charge in [-0.3, -0.25) is 24.0 Å². The van der Waals surface area contributed by atoms with Crippen LogP contribution in [0.4, 0.5) is 0 Å². The highest BCUT2D eigenvalue weighted by Crippen LogP contribution is 2.12. The largest absolute Gasteiger partial charge is 0.481 e. The van der Waals surface area contributed by atoms with Gasteiger partial charge < -0.3 is 50.8 Å². The second kappa shape index (κ2) is 31.3. The van der Waals surface area contributed by atoms with E-state index in [1.165, 1.54) is 12.8 Å². The average Bonchev–Trinajstić information content (AvgIpc) is 3.01. The topological polar surface area (TPSA) is 242 Å². The van der Waals surface area contributed by atoms with Gasteiger partial charge >= 0.3 is 11.9 Å². The normalized spacial score (nSPS) is 11.5. The van der Waals surface area contributed by atoms with Crippen molar-refractivity contribution in [1.29, 1.82) is 0 Å². The van der Waals surface area contributed by atoms with Gasteiger partial charge in [0.15, 0.2) is 0 Å². The number of ether oxygens (including phenoxy) is 4. The lowest BCUT2D eigenvalue weighted by Crippen LogP contribution is -2.43. The van der Waals surface area contributed by atoms with Crippen LogP contribution in [-0.4, -0.2) is 118 Å². The fourth-order valence-corrected chi connectivity index (χ4v) is 4.19. The molecular formula is C31H56N4O12. The molecule has 16 heteroatoms. The summed E-state index contributed by atoms with van der Waals surface area (Å²) in [5.74, 6) is -3.62. The molecule has 1 atom stereocenters. The summed E-state index contributed by atoms with van der Waals surface area (Å²) in [6.45, 7) is 1.46. The van der Waals surface area contributed by atoms with Crippen molar-refractivity contribution in [2.45, 2.75) is 95.9 Å². The van der Waals surface area contributed by atoms with Gasteiger partial charge in [0, 0.05) is 32.4 Å². The van der Waals surface area contributed by atoms with E-state index >= 15 is 0 Å².